The predicted molar refractivity (Wildman–Crippen MR) is 76.9 cm³/mol. The molecule has 0 saturated carbocycles. The summed E-state index contributed by atoms with van der Waals surface area (Å²) in [7, 11) is 0. The fourth-order valence-corrected chi connectivity index (χ4v) is 2.49. The van der Waals surface area contributed by atoms with Crippen LogP contribution in [-0.4, -0.2) is 0 Å². The Labute approximate surface area is 124 Å². The first-order chi connectivity index (χ1) is 8.02. The predicted octanol–water partition coefficient (Wildman–Crippen LogP) is 6.62. The van der Waals surface area contributed by atoms with Crippen molar-refractivity contribution in [2.24, 2.45) is 0 Å². The van der Waals surface area contributed by atoms with Crippen LogP contribution >= 0.6 is 58.0 Å². The minimum atomic E-state index is 0.307. The van der Waals surface area contributed by atoms with E-state index >= 15 is 0 Å². The van der Waals surface area contributed by atoms with Crippen LogP contribution in [0.3, 0.4) is 0 Å². The molecule has 0 heterocycles. The van der Waals surface area contributed by atoms with Gasteiger partial charge in [0.15, 0.2) is 0 Å². The van der Waals surface area contributed by atoms with E-state index < -0.39 is 0 Å². The molecule has 5 heteroatoms. The van der Waals surface area contributed by atoms with Gasteiger partial charge in [-0.05, 0) is 12.1 Å². The number of halogens is 5. The maximum Gasteiger partial charge on any atom is 0.0784 e. The summed E-state index contributed by atoms with van der Waals surface area (Å²) in [5.74, 6) is 0. The highest BCUT2D eigenvalue weighted by atomic mass is 35.5. The lowest BCUT2D eigenvalue weighted by Gasteiger charge is -2.10. The van der Waals surface area contributed by atoms with Crippen LogP contribution in [0.25, 0.3) is 11.1 Å². The molecule has 2 rings (SSSR count). The zero-order valence-corrected chi connectivity index (χ0v) is 12.1. The lowest BCUT2D eigenvalue weighted by Crippen LogP contribution is -1.84. The van der Waals surface area contributed by atoms with E-state index in [9.17, 15) is 0 Å². The monoisotopic (exact) mass is 324 g/mol. The van der Waals surface area contributed by atoms with Gasteiger partial charge in [0.25, 0.3) is 0 Å². The average Bonchev–Trinajstić information content (AvgIpc) is 2.31. The molecule has 2 aromatic carbocycles. The van der Waals surface area contributed by atoms with Gasteiger partial charge in [-0.3, -0.25) is 0 Å². The second kappa shape index (κ2) is 5.26. The van der Waals surface area contributed by atoms with Crippen LogP contribution in [0.15, 0.2) is 30.3 Å². The highest BCUT2D eigenvalue weighted by Gasteiger charge is 2.13. The van der Waals surface area contributed by atoms with Crippen LogP contribution in [0.1, 0.15) is 0 Å². The Balaban J connectivity index is 2.69. The zero-order chi connectivity index (χ0) is 12.6. The summed E-state index contributed by atoms with van der Waals surface area (Å²) in [6.45, 7) is 0. The Kier molecular flexibility index (Phi) is 4.12. The fraction of sp³-hybridized carbons (Fsp3) is 0. The lowest BCUT2D eigenvalue weighted by atomic mass is 10.1. The molecule has 0 atom stereocenters. The van der Waals surface area contributed by atoms with E-state index in [0.29, 0.717) is 30.7 Å². The summed E-state index contributed by atoms with van der Waals surface area (Å²) >= 11 is 30.1. The Morgan fingerprint density at radius 2 is 1.12 bits per heavy atom. The van der Waals surface area contributed by atoms with E-state index in [1.54, 1.807) is 24.3 Å². The smallest absolute Gasteiger partial charge is 0.0784 e. The topological polar surface area (TPSA) is 0 Å². The molecule has 0 aliphatic heterocycles. The van der Waals surface area contributed by atoms with Crippen molar-refractivity contribution in [3.05, 3.63) is 55.4 Å². The number of rotatable bonds is 1. The summed E-state index contributed by atoms with van der Waals surface area (Å²) in [6.07, 6.45) is 0. The second-order valence-electron chi connectivity index (χ2n) is 3.32. The molecule has 0 unspecified atom stereocenters. The molecule has 17 heavy (non-hydrogen) atoms. The first-order valence-corrected chi connectivity index (χ1v) is 6.49. The van der Waals surface area contributed by atoms with Crippen molar-refractivity contribution in [3.8, 4) is 11.1 Å². The molecule has 0 aliphatic rings. The average molecular weight is 326 g/mol. The minimum absolute atomic E-state index is 0.307. The van der Waals surface area contributed by atoms with E-state index in [2.05, 4.69) is 0 Å². The van der Waals surface area contributed by atoms with Gasteiger partial charge >= 0.3 is 0 Å². The van der Waals surface area contributed by atoms with Gasteiger partial charge in [0.2, 0.25) is 0 Å². The van der Waals surface area contributed by atoms with Crippen molar-refractivity contribution < 1.29 is 0 Å². The Morgan fingerprint density at radius 3 is 1.82 bits per heavy atom. The van der Waals surface area contributed by atoms with Gasteiger partial charge in [0.05, 0.1) is 25.1 Å². The van der Waals surface area contributed by atoms with Crippen molar-refractivity contribution in [2.45, 2.75) is 0 Å². The highest BCUT2D eigenvalue weighted by molar-refractivity contribution is 6.49. The van der Waals surface area contributed by atoms with Gasteiger partial charge in [-0.25, -0.2) is 0 Å². The summed E-state index contributed by atoms with van der Waals surface area (Å²) < 4.78 is 0. The summed E-state index contributed by atoms with van der Waals surface area (Å²) in [5, 5.41) is 1.98. The van der Waals surface area contributed by atoms with Crippen molar-refractivity contribution in [2.75, 3.05) is 0 Å². The summed E-state index contributed by atoms with van der Waals surface area (Å²) in [4.78, 5) is 0. The maximum absolute atomic E-state index is 6.14. The molecule has 0 bridgehead atoms. The number of benzene rings is 2. The van der Waals surface area contributed by atoms with Crippen LogP contribution < -0.4 is 0 Å². The van der Waals surface area contributed by atoms with E-state index in [-0.39, 0.29) is 0 Å². The van der Waals surface area contributed by atoms with Crippen molar-refractivity contribution >= 4 is 58.0 Å². The molecule has 0 fully saturated rings. The van der Waals surface area contributed by atoms with Gasteiger partial charge in [0, 0.05) is 11.1 Å². The van der Waals surface area contributed by atoms with Crippen molar-refractivity contribution in [1.29, 1.82) is 0 Å². The standard InChI is InChI=1S/C12H5Cl5/c13-8-3-1-2-6(10(8)15)7-4-5-9(14)12(17)11(7)16/h1-5H. The van der Waals surface area contributed by atoms with E-state index in [1.165, 1.54) is 0 Å². The van der Waals surface area contributed by atoms with Gasteiger partial charge < -0.3 is 0 Å². The molecule has 88 valence electrons. The zero-order valence-electron chi connectivity index (χ0n) is 8.28. The molecule has 0 radical (unpaired) electrons. The summed E-state index contributed by atoms with van der Waals surface area (Å²) in [5.41, 5.74) is 1.43. The third-order valence-corrected chi connectivity index (χ3v) is 4.39. The Morgan fingerprint density at radius 1 is 0.529 bits per heavy atom. The molecule has 0 spiro atoms. The van der Waals surface area contributed by atoms with Crippen LogP contribution in [0.2, 0.25) is 25.1 Å². The van der Waals surface area contributed by atoms with E-state index in [4.69, 9.17) is 58.0 Å². The maximum atomic E-state index is 6.14. The molecule has 0 aromatic heterocycles. The number of hydrogen-bond donors (Lipinski definition) is 0. The summed E-state index contributed by atoms with van der Waals surface area (Å²) in [6, 6.07) is 8.75. The molecule has 0 nitrogen and oxygen atoms in total. The molecule has 0 aliphatic carbocycles. The van der Waals surface area contributed by atoms with Crippen LogP contribution in [0, 0.1) is 0 Å². The van der Waals surface area contributed by atoms with Crippen molar-refractivity contribution in [1.82, 2.24) is 0 Å². The third-order valence-electron chi connectivity index (χ3n) is 2.28. The fourth-order valence-electron chi connectivity index (χ4n) is 1.45. The molecule has 0 N–H and O–H groups in total. The van der Waals surface area contributed by atoms with Crippen LogP contribution in [0.5, 0.6) is 0 Å². The van der Waals surface area contributed by atoms with E-state index in [1.807, 2.05) is 6.07 Å². The van der Waals surface area contributed by atoms with Crippen molar-refractivity contribution in [3.63, 3.8) is 0 Å². The first kappa shape index (κ1) is 13.3. The second-order valence-corrected chi connectivity index (χ2v) is 5.27. The highest BCUT2D eigenvalue weighted by Crippen LogP contribution is 2.41. The Hall–Kier alpha value is -0.110. The van der Waals surface area contributed by atoms with E-state index in [0.717, 1.165) is 5.56 Å². The lowest BCUT2D eigenvalue weighted by molar-refractivity contribution is 1.61. The normalized spacial score (nSPS) is 10.6. The third kappa shape index (κ3) is 2.52. The minimum Gasteiger partial charge on any atom is -0.0827 e. The molecule has 2 aromatic rings. The Bertz CT molecular complexity index is 577. The van der Waals surface area contributed by atoms with Gasteiger partial charge in [-0.2, -0.15) is 0 Å². The van der Waals surface area contributed by atoms with Crippen LogP contribution in [-0.2, 0) is 0 Å². The quantitative estimate of drug-likeness (QED) is 0.517. The molecular formula is C12H5Cl5. The largest absolute Gasteiger partial charge is 0.0827 e. The molecule has 0 amide bonds. The SMILES string of the molecule is Clc1cccc(-c2ccc(Cl)c(Cl)c2Cl)c1Cl. The first-order valence-electron chi connectivity index (χ1n) is 4.60. The van der Waals surface area contributed by atoms with Gasteiger partial charge in [-0.1, -0.05) is 76.2 Å². The van der Waals surface area contributed by atoms with Gasteiger partial charge in [-0.15, -0.1) is 0 Å². The molecular weight excluding hydrogens is 321 g/mol. The molecule has 0 saturated heterocycles. The number of hydrogen-bond acceptors (Lipinski definition) is 0. The van der Waals surface area contributed by atoms with Crippen LogP contribution in [0.4, 0.5) is 0 Å². The van der Waals surface area contributed by atoms with Gasteiger partial charge in [0.1, 0.15) is 0 Å².